The molecule has 2 fully saturated rings. The van der Waals surface area contributed by atoms with Crippen molar-refractivity contribution in [2.45, 2.75) is 25.7 Å². The van der Waals surface area contributed by atoms with Crippen molar-refractivity contribution in [1.29, 1.82) is 0 Å². The standard InChI is InChI=1S/C18H19NO3/c20-18(22-11-13-6-7-13)15-8-9-19-17-14(15)2-1-3-16(17)21-10-12-4-5-12/h1-3,8-9,12-13H,4-7,10-11H2. The fourth-order valence-corrected chi connectivity index (χ4v) is 2.49. The summed E-state index contributed by atoms with van der Waals surface area (Å²) in [5.41, 5.74) is 1.31. The van der Waals surface area contributed by atoms with Gasteiger partial charge in [-0.1, -0.05) is 12.1 Å². The van der Waals surface area contributed by atoms with Crippen molar-refractivity contribution in [1.82, 2.24) is 4.98 Å². The van der Waals surface area contributed by atoms with Crippen LogP contribution in [-0.4, -0.2) is 24.2 Å². The van der Waals surface area contributed by atoms with Gasteiger partial charge >= 0.3 is 5.97 Å². The minimum atomic E-state index is -0.265. The van der Waals surface area contributed by atoms with Gasteiger partial charge in [0.1, 0.15) is 11.3 Å². The van der Waals surface area contributed by atoms with Crippen LogP contribution in [0, 0.1) is 11.8 Å². The van der Waals surface area contributed by atoms with Crippen LogP contribution in [-0.2, 0) is 4.74 Å². The lowest BCUT2D eigenvalue weighted by atomic mass is 10.1. The van der Waals surface area contributed by atoms with Crippen molar-refractivity contribution < 1.29 is 14.3 Å². The Morgan fingerprint density at radius 2 is 1.86 bits per heavy atom. The largest absolute Gasteiger partial charge is 0.491 e. The monoisotopic (exact) mass is 297 g/mol. The number of carbonyl (C=O) groups excluding carboxylic acids is 1. The smallest absolute Gasteiger partial charge is 0.338 e. The molecule has 0 N–H and O–H groups in total. The molecule has 0 atom stereocenters. The number of pyridine rings is 1. The zero-order valence-corrected chi connectivity index (χ0v) is 12.5. The van der Waals surface area contributed by atoms with Gasteiger partial charge in [-0.3, -0.25) is 4.98 Å². The zero-order valence-electron chi connectivity index (χ0n) is 12.5. The van der Waals surface area contributed by atoms with E-state index < -0.39 is 0 Å². The second-order valence-corrected chi connectivity index (χ2v) is 6.31. The maximum absolute atomic E-state index is 12.3. The van der Waals surface area contributed by atoms with Crippen LogP contribution in [0.5, 0.6) is 5.75 Å². The summed E-state index contributed by atoms with van der Waals surface area (Å²) < 4.78 is 11.3. The third-order valence-electron chi connectivity index (χ3n) is 4.27. The van der Waals surface area contributed by atoms with E-state index in [9.17, 15) is 4.79 Å². The van der Waals surface area contributed by atoms with Gasteiger partial charge in [0.15, 0.2) is 0 Å². The highest BCUT2D eigenvalue weighted by Crippen LogP contribution is 2.32. The third-order valence-corrected chi connectivity index (χ3v) is 4.27. The van der Waals surface area contributed by atoms with Gasteiger partial charge < -0.3 is 9.47 Å². The first-order valence-corrected chi connectivity index (χ1v) is 7.99. The van der Waals surface area contributed by atoms with Gasteiger partial charge in [0.05, 0.1) is 18.8 Å². The molecule has 0 unspecified atom stereocenters. The Morgan fingerprint density at radius 1 is 1.09 bits per heavy atom. The average Bonchev–Trinajstić information content (AvgIpc) is 3.44. The van der Waals surface area contributed by atoms with Crippen LogP contribution in [0.15, 0.2) is 30.5 Å². The number of benzene rings is 1. The van der Waals surface area contributed by atoms with Crippen LogP contribution < -0.4 is 4.74 Å². The molecule has 4 heteroatoms. The summed E-state index contributed by atoms with van der Waals surface area (Å²) in [5.74, 6) is 1.73. The van der Waals surface area contributed by atoms with E-state index in [2.05, 4.69) is 4.98 Å². The molecule has 1 aromatic heterocycles. The molecular weight excluding hydrogens is 278 g/mol. The van der Waals surface area contributed by atoms with Crippen molar-refractivity contribution in [2.75, 3.05) is 13.2 Å². The molecule has 0 bridgehead atoms. The lowest BCUT2D eigenvalue weighted by Gasteiger charge is -2.10. The van der Waals surface area contributed by atoms with Gasteiger partial charge in [0.2, 0.25) is 0 Å². The van der Waals surface area contributed by atoms with E-state index in [4.69, 9.17) is 9.47 Å². The number of aromatic nitrogens is 1. The molecule has 2 aliphatic rings. The molecule has 1 aromatic carbocycles. The predicted molar refractivity (Wildman–Crippen MR) is 83.0 cm³/mol. The minimum absolute atomic E-state index is 0.265. The van der Waals surface area contributed by atoms with Crippen LogP contribution in [0.4, 0.5) is 0 Å². The predicted octanol–water partition coefficient (Wildman–Crippen LogP) is 3.59. The second-order valence-electron chi connectivity index (χ2n) is 6.31. The molecule has 4 rings (SSSR count). The van der Waals surface area contributed by atoms with Gasteiger partial charge in [-0.25, -0.2) is 4.79 Å². The second kappa shape index (κ2) is 5.59. The molecule has 1 heterocycles. The molecule has 2 saturated carbocycles. The maximum atomic E-state index is 12.3. The van der Waals surface area contributed by atoms with Crippen molar-refractivity contribution in [3.63, 3.8) is 0 Å². The van der Waals surface area contributed by atoms with Gasteiger partial charge in [-0.2, -0.15) is 0 Å². The van der Waals surface area contributed by atoms with Crippen molar-refractivity contribution in [2.24, 2.45) is 11.8 Å². The molecular formula is C18H19NO3. The summed E-state index contributed by atoms with van der Waals surface area (Å²) in [6, 6.07) is 7.45. The lowest BCUT2D eigenvalue weighted by molar-refractivity contribution is 0.0488. The molecule has 0 aliphatic heterocycles. The average molecular weight is 297 g/mol. The van der Waals surface area contributed by atoms with E-state index in [0.29, 0.717) is 24.0 Å². The number of nitrogens with zero attached hydrogens (tertiary/aromatic N) is 1. The fraction of sp³-hybridized carbons (Fsp3) is 0.444. The topological polar surface area (TPSA) is 48.4 Å². The van der Waals surface area contributed by atoms with E-state index >= 15 is 0 Å². The van der Waals surface area contributed by atoms with Gasteiger partial charge in [-0.15, -0.1) is 0 Å². The molecule has 4 nitrogen and oxygen atoms in total. The van der Waals surface area contributed by atoms with Gasteiger partial charge in [0, 0.05) is 11.6 Å². The summed E-state index contributed by atoms with van der Waals surface area (Å²) in [4.78, 5) is 16.7. The Balaban J connectivity index is 1.60. The Labute approximate surface area is 129 Å². The maximum Gasteiger partial charge on any atom is 0.338 e. The van der Waals surface area contributed by atoms with Crippen LogP contribution in [0.2, 0.25) is 0 Å². The number of hydrogen-bond donors (Lipinski definition) is 0. The number of carbonyl (C=O) groups is 1. The summed E-state index contributed by atoms with van der Waals surface area (Å²) in [5, 5.41) is 0.802. The van der Waals surface area contributed by atoms with E-state index in [1.807, 2.05) is 18.2 Å². The fourth-order valence-electron chi connectivity index (χ4n) is 2.49. The first-order valence-electron chi connectivity index (χ1n) is 7.99. The minimum Gasteiger partial charge on any atom is -0.491 e. The Bertz CT molecular complexity index is 705. The Kier molecular flexibility index (Phi) is 3.45. The molecule has 0 amide bonds. The zero-order chi connectivity index (χ0) is 14.9. The molecule has 2 aliphatic carbocycles. The van der Waals surface area contributed by atoms with E-state index in [1.165, 1.54) is 25.7 Å². The highest BCUT2D eigenvalue weighted by Gasteiger charge is 2.25. The Morgan fingerprint density at radius 3 is 2.64 bits per heavy atom. The number of para-hydroxylation sites is 1. The summed E-state index contributed by atoms with van der Waals surface area (Å²) >= 11 is 0. The Hall–Kier alpha value is -2.10. The van der Waals surface area contributed by atoms with Crippen LogP contribution in [0.1, 0.15) is 36.0 Å². The summed E-state index contributed by atoms with van der Waals surface area (Å²) in [6.07, 6.45) is 6.49. The third kappa shape index (κ3) is 2.91. The quantitative estimate of drug-likeness (QED) is 0.765. The van der Waals surface area contributed by atoms with Crippen molar-refractivity contribution in [3.8, 4) is 5.75 Å². The number of ether oxygens (including phenoxy) is 2. The van der Waals surface area contributed by atoms with Crippen LogP contribution >= 0.6 is 0 Å². The SMILES string of the molecule is O=C(OCC1CC1)c1ccnc2c(OCC3CC3)cccc12. The molecule has 0 spiro atoms. The summed E-state index contributed by atoms with van der Waals surface area (Å²) in [6.45, 7) is 1.26. The summed E-state index contributed by atoms with van der Waals surface area (Å²) in [7, 11) is 0. The molecule has 0 radical (unpaired) electrons. The number of fused-ring (bicyclic) bond motifs is 1. The van der Waals surface area contributed by atoms with Crippen molar-refractivity contribution in [3.05, 3.63) is 36.0 Å². The normalized spacial score (nSPS) is 17.5. The first-order chi connectivity index (χ1) is 10.8. The van der Waals surface area contributed by atoms with Gasteiger partial charge in [-0.05, 0) is 49.7 Å². The highest BCUT2D eigenvalue weighted by atomic mass is 16.5. The number of rotatable bonds is 6. The highest BCUT2D eigenvalue weighted by molar-refractivity contribution is 6.04. The lowest BCUT2D eigenvalue weighted by Crippen LogP contribution is -2.09. The molecule has 0 saturated heterocycles. The van der Waals surface area contributed by atoms with E-state index in [-0.39, 0.29) is 5.97 Å². The van der Waals surface area contributed by atoms with Gasteiger partial charge in [0.25, 0.3) is 0 Å². The van der Waals surface area contributed by atoms with Crippen LogP contribution in [0.25, 0.3) is 10.9 Å². The van der Waals surface area contributed by atoms with Crippen LogP contribution in [0.3, 0.4) is 0 Å². The number of hydrogen-bond acceptors (Lipinski definition) is 4. The first kappa shape index (κ1) is 13.6. The molecule has 22 heavy (non-hydrogen) atoms. The number of esters is 1. The van der Waals surface area contributed by atoms with E-state index in [1.54, 1.807) is 12.3 Å². The molecule has 114 valence electrons. The molecule has 2 aromatic rings. The van der Waals surface area contributed by atoms with E-state index in [0.717, 1.165) is 23.3 Å². The van der Waals surface area contributed by atoms with Crippen molar-refractivity contribution >= 4 is 16.9 Å².